The molecule has 2 aromatic rings. The van der Waals surface area contributed by atoms with E-state index < -0.39 is 0 Å². The summed E-state index contributed by atoms with van der Waals surface area (Å²) in [6, 6.07) is 0. The smallest absolute Gasteiger partial charge is 0.156 e. The minimum Gasteiger partial charge on any atom is -0.352 e. The molecule has 0 aromatic carbocycles. The molecule has 0 aliphatic carbocycles. The molecule has 0 atom stereocenters. The Morgan fingerprint density at radius 3 is 2.72 bits per heavy atom. The topological polar surface area (TPSA) is 67.9 Å². The van der Waals surface area contributed by atoms with Gasteiger partial charge in [-0.1, -0.05) is 0 Å². The molecule has 2 N–H and O–H groups in total. The van der Waals surface area contributed by atoms with Crippen molar-refractivity contribution in [2.75, 3.05) is 11.9 Å². The number of aromatic nitrogens is 3. The summed E-state index contributed by atoms with van der Waals surface area (Å²) in [6.45, 7) is 5.17. The SMILES string of the molecule is Cc1nnc(N(C)Cc2cscn2)c(CN)c1C. The van der Waals surface area contributed by atoms with Crippen LogP contribution < -0.4 is 10.6 Å². The highest BCUT2D eigenvalue weighted by Gasteiger charge is 2.14. The zero-order chi connectivity index (χ0) is 13.1. The summed E-state index contributed by atoms with van der Waals surface area (Å²) in [5.74, 6) is 0.841. The Bertz CT molecular complexity index is 524. The van der Waals surface area contributed by atoms with Crippen LogP contribution in [-0.4, -0.2) is 22.2 Å². The van der Waals surface area contributed by atoms with E-state index in [1.165, 1.54) is 0 Å². The number of aryl methyl sites for hydroxylation is 1. The Kier molecular flexibility index (Phi) is 3.88. The molecule has 2 aromatic heterocycles. The monoisotopic (exact) mass is 263 g/mol. The average Bonchev–Trinajstić information content (AvgIpc) is 2.85. The molecule has 96 valence electrons. The predicted molar refractivity (Wildman–Crippen MR) is 73.6 cm³/mol. The summed E-state index contributed by atoms with van der Waals surface area (Å²) in [6.07, 6.45) is 0. The lowest BCUT2D eigenvalue weighted by Gasteiger charge is -2.21. The van der Waals surface area contributed by atoms with Crippen molar-refractivity contribution in [3.8, 4) is 0 Å². The molecule has 6 heteroatoms. The van der Waals surface area contributed by atoms with Crippen molar-refractivity contribution in [3.63, 3.8) is 0 Å². The number of nitrogens with two attached hydrogens (primary N) is 1. The minimum absolute atomic E-state index is 0.471. The maximum absolute atomic E-state index is 5.82. The second-order valence-corrected chi connectivity index (χ2v) is 4.97. The fourth-order valence-electron chi connectivity index (χ4n) is 1.83. The van der Waals surface area contributed by atoms with Gasteiger partial charge < -0.3 is 10.6 Å². The summed E-state index contributed by atoms with van der Waals surface area (Å²) in [5.41, 5.74) is 11.8. The van der Waals surface area contributed by atoms with E-state index in [0.717, 1.165) is 28.3 Å². The second kappa shape index (κ2) is 5.41. The van der Waals surface area contributed by atoms with Gasteiger partial charge in [0.25, 0.3) is 0 Å². The van der Waals surface area contributed by atoms with Gasteiger partial charge in [-0.2, -0.15) is 5.10 Å². The van der Waals surface area contributed by atoms with Gasteiger partial charge in [0, 0.05) is 24.5 Å². The van der Waals surface area contributed by atoms with E-state index in [4.69, 9.17) is 5.73 Å². The molecule has 2 rings (SSSR count). The van der Waals surface area contributed by atoms with Gasteiger partial charge in [0.2, 0.25) is 0 Å². The minimum atomic E-state index is 0.471. The third-order valence-corrected chi connectivity index (χ3v) is 3.64. The molecule has 18 heavy (non-hydrogen) atoms. The molecular weight excluding hydrogens is 246 g/mol. The van der Waals surface area contributed by atoms with Gasteiger partial charge in [0.15, 0.2) is 5.82 Å². The van der Waals surface area contributed by atoms with Crippen molar-refractivity contribution < 1.29 is 0 Å². The molecule has 0 saturated heterocycles. The van der Waals surface area contributed by atoms with Crippen molar-refractivity contribution >= 4 is 17.2 Å². The molecule has 0 aliphatic heterocycles. The summed E-state index contributed by atoms with van der Waals surface area (Å²) in [7, 11) is 1.98. The van der Waals surface area contributed by atoms with Gasteiger partial charge >= 0.3 is 0 Å². The van der Waals surface area contributed by atoms with E-state index in [1.807, 2.05) is 36.7 Å². The summed E-state index contributed by atoms with van der Waals surface area (Å²) < 4.78 is 0. The van der Waals surface area contributed by atoms with Crippen LogP contribution in [0.25, 0.3) is 0 Å². The largest absolute Gasteiger partial charge is 0.352 e. The van der Waals surface area contributed by atoms with Gasteiger partial charge in [0.05, 0.1) is 23.4 Å². The van der Waals surface area contributed by atoms with E-state index in [1.54, 1.807) is 11.3 Å². The van der Waals surface area contributed by atoms with Crippen LogP contribution in [-0.2, 0) is 13.1 Å². The van der Waals surface area contributed by atoms with E-state index in [9.17, 15) is 0 Å². The van der Waals surface area contributed by atoms with Crippen LogP contribution >= 0.6 is 11.3 Å². The fourth-order valence-corrected chi connectivity index (χ4v) is 2.38. The van der Waals surface area contributed by atoms with Gasteiger partial charge in [0.1, 0.15) is 0 Å². The lowest BCUT2D eigenvalue weighted by Crippen LogP contribution is -2.22. The first kappa shape index (κ1) is 12.9. The van der Waals surface area contributed by atoms with Crippen molar-refractivity contribution in [1.29, 1.82) is 0 Å². The van der Waals surface area contributed by atoms with Gasteiger partial charge in [-0.15, -0.1) is 16.4 Å². The van der Waals surface area contributed by atoms with Crippen molar-refractivity contribution in [2.45, 2.75) is 26.9 Å². The highest BCUT2D eigenvalue weighted by atomic mass is 32.1. The number of hydrogen-bond donors (Lipinski definition) is 1. The molecule has 0 saturated carbocycles. The highest BCUT2D eigenvalue weighted by Crippen LogP contribution is 2.22. The van der Waals surface area contributed by atoms with Gasteiger partial charge in [-0.25, -0.2) is 4.98 Å². The van der Waals surface area contributed by atoms with E-state index >= 15 is 0 Å². The number of rotatable bonds is 4. The Balaban J connectivity index is 2.30. The van der Waals surface area contributed by atoms with E-state index in [-0.39, 0.29) is 0 Å². The Hall–Kier alpha value is -1.53. The van der Waals surface area contributed by atoms with Gasteiger partial charge in [-0.05, 0) is 19.4 Å². The van der Waals surface area contributed by atoms with Crippen LogP contribution in [0.5, 0.6) is 0 Å². The Morgan fingerprint density at radius 1 is 1.33 bits per heavy atom. The molecule has 0 radical (unpaired) electrons. The first-order valence-corrected chi connectivity index (χ1v) is 6.68. The number of nitrogens with zero attached hydrogens (tertiary/aromatic N) is 4. The molecule has 5 nitrogen and oxygen atoms in total. The van der Waals surface area contributed by atoms with E-state index in [2.05, 4.69) is 15.2 Å². The molecule has 0 unspecified atom stereocenters. The molecular formula is C12H17N5S. The normalized spacial score (nSPS) is 10.7. The fraction of sp³-hybridized carbons (Fsp3) is 0.417. The molecule has 0 amide bonds. The lowest BCUT2D eigenvalue weighted by molar-refractivity contribution is 0.813. The van der Waals surface area contributed by atoms with Gasteiger partial charge in [-0.3, -0.25) is 0 Å². The summed E-state index contributed by atoms with van der Waals surface area (Å²) in [4.78, 5) is 6.31. The maximum atomic E-state index is 5.82. The first-order chi connectivity index (χ1) is 8.63. The molecule has 0 bridgehead atoms. The van der Waals surface area contributed by atoms with Crippen molar-refractivity contribution in [2.24, 2.45) is 5.73 Å². The summed E-state index contributed by atoms with van der Waals surface area (Å²) >= 11 is 1.59. The Morgan fingerprint density at radius 2 is 2.11 bits per heavy atom. The van der Waals surface area contributed by atoms with Crippen LogP contribution in [0, 0.1) is 13.8 Å². The predicted octanol–water partition coefficient (Wildman–Crippen LogP) is 1.65. The average molecular weight is 263 g/mol. The molecule has 0 aliphatic rings. The third-order valence-electron chi connectivity index (χ3n) is 3.01. The van der Waals surface area contributed by atoms with Crippen LogP contribution in [0.1, 0.15) is 22.5 Å². The number of thiazole rings is 1. The zero-order valence-corrected chi connectivity index (χ0v) is 11.7. The van der Waals surface area contributed by atoms with E-state index in [0.29, 0.717) is 13.1 Å². The maximum Gasteiger partial charge on any atom is 0.156 e. The molecule has 2 heterocycles. The van der Waals surface area contributed by atoms with Crippen LogP contribution in [0.3, 0.4) is 0 Å². The van der Waals surface area contributed by atoms with Crippen molar-refractivity contribution in [3.05, 3.63) is 33.4 Å². The first-order valence-electron chi connectivity index (χ1n) is 5.74. The van der Waals surface area contributed by atoms with Crippen LogP contribution in [0.2, 0.25) is 0 Å². The number of hydrogen-bond acceptors (Lipinski definition) is 6. The van der Waals surface area contributed by atoms with Crippen LogP contribution in [0.15, 0.2) is 10.9 Å². The zero-order valence-electron chi connectivity index (χ0n) is 10.8. The Labute approximate surface area is 111 Å². The quantitative estimate of drug-likeness (QED) is 0.908. The summed E-state index contributed by atoms with van der Waals surface area (Å²) in [5, 5.41) is 10.5. The number of anilines is 1. The standard InChI is InChI=1S/C12H17N5S/c1-8-9(2)15-16-12(11(8)4-13)17(3)5-10-6-18-7-14-10/h6-7H,4-5,13H2,1-3H3. The highest BCUT2D eigenvalue weighted by molar-refractivity contribution is 7.07. The van der Waals surface area contributed by atoms with Crippen molar-refractivity contribution in [1.82, 2.24) is 15.2 Å². The van der Waals surface area contributed by atoms with Crippen LogP contribution in [0.4, 0.5) is 5.82 Å². The third kappa shape index (κ3) is 2.49. The lowest BCUT2D eigenvalue weighted by atomic mass is 10.1. The molecule has 0 fully saturated rings. The second-order valence-electron chi connectivity index (χ2n) is 4.25. The molecule has 0 spiro atoms.